The number of aromatic nitrogens is 2. The van der Waals surface area contributed by atoms with E-state index >= 15 is 0 Å². The molecule has 0 amide bonds. The maximum absolute atomic E-state index is 12.1. The first-order chi connectivity index (χ1) is 10.1. The molecule has 0 unspecified atom stereocenters. The highest BCUT2D eigenvalue weighted by molar-refractivity contribution is 7.09. The van der Waals surface area contributed by atoms with E-state index < -0.39 is 0 Å². The Bertz CT molecular complexity index is 750. The standard InChI is InChI=1S/C14H12Cl2N2O2S/c1-2-5-20-12-7-11(9(15)6-10(12)16)18-14(19)21-13(17-18)8-3-4-8/h2,6-8H,1,3-5H2. The lowest BCUT2D eigenvalue weighted by molar-refractivity contribution is 0.363. The second-order valence-electron chi connectivity index (χ2n) is 4.73. The summed E-state index contributed by atoms with van der Waals surface area (Å²) < 4.78 is 6.78. The summed E-state index contributed by atoms with van der Waals surface area (Å²) >= 11 is 13.4. The lowest BCUT2D eigenvalue weighted by Gasteiger charge is -2.10. The monoisotopic (exact) mass is 342 g/mol. The Kier molecular flexibility index (Phi) is 4.06. The van der Waals surface area contributed by atoms with Gasteiger partial charge in [-0.25, -0.2) is 0 Å². The van der Waals surface area contributed by atoms with Crippen LogP contribution in [0.3, 0.4) is 0 Å². The molecule has 0 atom stereocenters. The van der Waals surface area contributed by atoms with Gasteiger partial charge in [-0.1, -0.05) is 47.2 Å². The van der Waals surface area contributed by atoms with Crippen molar-refractivity contribution >= 4 is 34.5 Å². The molecule has 2 aromatic rings. The quantitative estimate of drug-likeness (QED) is 0.770. The van der Waals surface area contributed by atoms with Crippen LogP contribution in [0, 0.1) is 0 Å². The van der Waals surface area contributed by atoms with E-state index in [1.165, 1.54) is 4.68 Å². The van der Waals surface area contributed by atoms with Crippen LogP contribution in [0.15, 0.2) is 29.6 Å². The molecule has 1 aliphatic carbocycles. The Morgan fingerprint density at radius 3 is 2.86 bits per heavy atom. The van der Waals surface area contributed by atoms with E-state index in [1.807, 2.05) is 0 Å². The highest BCUT2D eigenvalue weighted by Crippen LogP contribution is 2.40. The Labute approximate surface area is 135 Å². The van der Waals surface area contributed by atoms with Crippen LogP contribution in [-0.4, -0.2) is 16.4 Å². The van der Waals surface area contributed by atoms with Crippen molar-refractivity contribution in [2.24, 2.45) is 0 Å². The summed E-state index contributed by atoms with van der Waals surface area (Å²) in [5.74, 6) is 0.871. The normalized spacial score (nSPS) is 14.2. The van der Waals surface area contributed by atoms with Gasteiger partial charge in [-0.3, -0.25) is 4.79 Å². The summed E-state index contributed by atoms with van der Waals surface area (Å²) in [4.78, 5) is 11.9. The highest BCUT2D eigenvalue weighted by Gasteiger charge is 2.28. The molecule has 0 radical (unpaired) electrons. The summed E-state index contributed by atoms with van der Waals surface area (Å²) in [6.45, 7) is 3.91. The minimum absolute atomic E-state index is 0.157. The molecular formula is C14H12Cl2N2O2S. The van der Waals surface area contributed by atoms with Crippen LogP contribution >= 0.6 is 34.5 Å². The van der Waals surface area contributed by atoms with Crippen molar-refractivity contribution < 1.29 is 4.74 Å². The Hall–Kier alpha value is -1.30. The predicted molar refractivity (Wildman–Crippen MR) is 85.4 cm³/mol. The topological polar surface area (TPSA) is 44.1 Å². The summed E-state index contributed by atoms with van der Waals surface area (Å²) in [5.41, 5.74) is 0.480. The molecule has 0 saturated heterocycles. The van der Waals surface area contributed by atoms with Crippen molar-refractivity contribution in [3.63, 3.8) is 0 Å². The van der Waals surface area contributed by atoms with E-state index in [9.17, 15) is 4.79 Å². The summed E-state index contributed by atoms with van der Waals surface area (Å²) in [7, 11) is 0. The first-order valence-electron chi connectivity index (χ1n) is 6.43. The van der Waals surface area contributed by atoms with Gasteiger partial charge >= 0.3 is 4.87 Å². The van der Waals surface area contributed by atoms with Gasteiger partial charge in [-0.15, -0.1) is 0 Å². The molecule has 1 saturated carbocycles. The maximum Gasteiger partial charge on any atom is 0.329 e. The number of rotatable bonds is 5. The number of hydrogen-bond donors (Lipinski definition) is 0. The van der Waals surface area contributed by atoms with E-state index in [2.05, 4.69) is 11.7 Å². The van der Waals surface area contributed by atoms with Gasteiger partial charge < -0.3 is 4.74 Å². The fraction of sp³-hybridized carbons (Fsp3) is 0.286. The Morgan fingerprint density at radius 2 is 2.19 bits per heavy atom. The largest absolute Gasteiger partial charge is 0.488 e. The van der Waals surface area contributed by atoms with Crippen molar-refractivity contribution in [2.45, 2.75) is 18.8 Å². The zero-order valence-electron chi connectivity index (χ0n) is 11.0. The van der Waals surface area contributed by atoms with Crippen molar-refractivity contribution in [2.75, 3.05) is 6.61 Å². The first kappa shape index (κ1) is 14.6. The number of benzene rings is 1. The molecule has 7 heteroatoms. The molecular weight excluding hydrogens is 331 g/mol. The van der Waals surface area contributed by atoms with Gasteiger partial charge in [-0.05, 0) is 18.9 Å². The Morgan fingerprint density at radius 1 is 1.43 bits per heavy atom. The molecule has 4 nitrogen and oxygen atoms in total. The SMILES string of the molecule is C=CCOc1cc(-n2nc(C3CC3)sc2=O)c(Cl)cc1Cl. The van der Waals surface area contributed by atoms with E-state index in [1.54, 1.807) is 18.2 Å². The number of halogens is 2. The van der Waals surface area contributed by atoms with Crippen molar-refractivity contribution in [3.8, 4) is 11.4 Å². The van der Waals surface area contributed by atoms with E-state index in [-0.39, 0.29) is 4.87 Å². The van der Waals surface area contributed by atoms with Gasteiger partial charge in [-0.2, -0.15) is 9.78 Å². The Balaban J connectivity index is 2.04. The number of hydrogen-bond acceptors (Lipinski definition) is 4. The van der Waals surface area contributed by atoms with Crippen LogP contribution in [0.5, 0.6) is 5.75 Å². The van der Waals surface area contributed by atoms with Gasteiger partial charge in [0.2, 0.25) is 0 Å². The molecule has 1 aromatic carbocycles. The van der Waals surface area contributed by atoms with Crippen LogP contribution in [0.4, 0.5) is 0 Å². The van der Waals surface area contributed by atoms with Crippen molar-refractivity contribution in [3.05, 3.63) is 49.5 Å². The lowest BCUT2D eigenvalue weighted by atomic mass is 10.3. The van der Waals surface area contributed by atoms with Crippen LogP contribution in [-0.2, 0) is 0 Å². The minimum atomic E-state index is -0.157. The van der Waals surface area contributed by atoms with Crippen LogP contribution in [0.25, 0.3) is 5.69 Å². The second kappa shape index (κ2) is 5.83. The summed E-state index contributed by atoms with van der Waals surface area (Å²) in [5, 5.41) is 5.98. The van der Waals surface area contributed by atoms with Crippen molar-refractivity contribution in [1.82, 2.24) is 9.78 Å². The molecule has 1 aliphatic rings. The first-order valence-corrected chi connectivity index (χ1v) is 8.00. The zero-order chi connectivity index (χ0) is 15.0. The fourth-order valence-electron chi connectivity index (χ4n) is 1.88. The fourth-order valence-corrected chi connectivity index (χ4v) is 3.33. The third-order valence-corrected chi connectivity index (χ3v) is 4.65. The van der Waals surface area contributed by atoms with Gasteiger partial charge in [0.25, 0.3) is 0 Å². The predicted octanol–water partition coefficient (Wildman–Crippen LogP) is 4.04. The molecule has 21 heavy (non-hydrogen) atoms. The van der Waals surface area contributed by atoms with E-state index in [0.717, 1.165) is 29.2 Å². The maximum atomic E-state index is 12.1. The third kappa shape index (κ3) is 3.00. The van der Waals surface area contributed by atoms with Crippen LogP contribution < -0.4 is 9.61 Å². The van der Waals surface area contributed by atoms with E-state index in [0.29, 0.717) is 34.0 Å². The van der Waals surface area contributed by atoms with Gasteiger partial charge in [0.05, 0.1) is 15.7 Å². The molecule has 1 fully saturated rings. The summed E-state index contributed by atoms with van der Waals surface area (Å²) in [6.07, 6.45) is 3.80. The average molecular weight is 343 g/mol. The minimum Gasteiger partial charge on any atom is -0.488 e. The molecule has 0 aliphatic heterocycles. The molecule has 0 spiro atoms. The smallest absolute Gasteiger partial charge is 0.329 e. The highest BCUT2D eigenvalue weighted by atomic mass is 35.5. The molecule has 110 valence electrons. The summed E-state index contributed by atoms with van der Waals surface area (Å²) in [6, 6.07) is 3.19. The lowest BCUT2D eigenvalue weighted by Crippen LogP contribution is -2.13. The number of nitrogens with zero attached hydrogens (tertiary/aromatic N) is 2. The van der Waals surface area contributed by atoms with Gasteiger partial charge in [0.15, 0.2) is 0 Å². The number of ether oxygens (including phenoxy) is 1. The molecule has 1 heterocycles. The van der Waals surface area contributed by atoms with Gasteiger partial charge in [0, 0.05) is 12.0 Å². The van der Waals surface area contributed by atoms with Gasteiger partial charge in [0.1, 0.15) is 17.4 Å². The van der Waals surface area contributed by atoms with E-state index in [4.69, 9.17) is 27.9 Å². The average Bonchev–Trinajstić information content (AvgIpc) is 3.22. The van der Waals surface area contributed by atoms with Crippen molar-refractivity contribution in [1.29, 1.82) is 0 Å². The van der Waals surface area contributed by atoms with Crippen LogP contribution in [0.2, 0.25) is 10.0 Å². The molecule has 0 N–H and O–H groups in total. The molecule has 0 bridgehead atoms. The second-order valence-corrected chi connectivity index (χ2v) is 6.51. The molecule has 1 aromatic heterocycles. The van der Waals surface area contributed by atoms with Crippen LogP contribution in [0.1, 0.15) is 23.8 Å². The zero-order valence-corrected chi connectivity index (χ0v) is 13.3. The third-order valence-electron chi connectivity index (χ3n) is 3.08. The molecule has 3 rings (SSSR count).